The first-order valence-electron chi connectivity index (χ1n) is 8.41. The molecule has 4 rings (SSSR count). The van der Waals surface area contributed by atoms with Gasteiger partial charge < -0.3 is 18.9 Å². The van der Waals surface area contributed by atoms with Crippen LogP contribution in [0.2, 0.25) is 0 Å². The molecule has 0 spiro atoms. The fourth-order valence-electron chi connectivity index (χ4n) is 3.22. The lowest BCUT2D eigenvalue weighted by Crippen LogP contribution is -2.36. The maximum absolute atomic E-state index is 5.64. The summed E-state index contributed by atoms with van der Waals surface area (Å²) >= 11 is 0. The lowest BCUT2D eigenvalue weighted by molar-refractivity contribution is 0.122. The molecule has 0 bridgehead atoms. The van der Waals surface area contributed by atoms with Crippen LogP contribution in [0.4, 0.5) is 5.69 Å². The highest BCUT2D eigenvalue weighted by molar-refractivity contribution is 5.92. The van der Waals surface area contributed by atoms with E-state index >= 15 is 0 Å². The van der Waals surface area contributed by atoms with Gasteiger partial charge in [-0.05, 0) is 31.5 Å². The summed E-state index contributed by atoms with van der Waals surface area (Å²) in [5, 5.41) is 5.04. The van der Waals surface area contributed by atoms with Gasteiger partial charge in [0, 0.05) is 36.3 Å². The molecule has 130 valence electrons. The normalized spacial score (nSPS) is 14.9. The van der Waals surface area contributed by atoms with Gasteiger partial charge in [-0.3, -0.25) is 0 Å². The molecule has 0 atom stereocenters. The Morgan fingerprint density at radius 3 is 2.56 bits per heavy atom. The van der Waals surface area contributed by atoms with Gasteiger partial charge in [0.15, 0.2) is 5.76 Å². The average molecular weight is 339 g/mol. The van der Waals surface area contributed by atoms with E-state index in [2.05, 4.69) is 29.1 Å². The molecule has 6 nitrogen and oxygen atoms in total. The van der Waals surface area contributed by atoms with Crippen molar-refractivity contribution in [3.63, 3.8) is 0 Å². The van der Waals surface area contributed by atoms with Crippen molar-refractivity contribution in [3.05, 3.63) is 35.5 Å². The van der Waals surface area contributed by atoms with Gasteiger partial charge in [0.1, 0.15) is 17.0 Å². The van der Waals surface area contributed by atoms with Gasteiger partial charge in [0.05, 0.1) is 26.0 Å². The number of hydrogen-bond donors (Lipinski definition) is 0. The van der Waals surface area contributed by atoms with E-state index in [9.17, 15) is 0 Å². The van der Waals surface area contributed by atoms with Crippen molar-refractivity contribution in [2.24, 2.45) is 0 Å². The van der Waals surface area contributed by atoms with Crippen LogP contribution in [-0.2, 0) is 4.74 Å². The van der Waals surface area contributed by atoms with Crippen molar-refractivity contribution < 1.29 is 14.0 Å². The van der Waals surface area contributed by atoms with Gasteiger partial charge in [0.25, 0.3) is 0 Å². The average Bonchev–Trinajstić information content (AvgIpc) is 3.08. The molecule has 0 radical (unpaired) electrons. The summed E-state index contributed by atoms with van der Waals surface area (Å²) in [6.07, 6.45) is 0. The monoisotopic (exact) mass is 339 g/mol. The number of aromatic nitrogens is 2. The maximum Gasteiger partial charge on any atom is 0.185 e. The highest BCUT2D eigenvalue weighted by Gasteiger charge is 2.17. The maximum atomic E-state index is 5.64. The van der Waals surface area contributed by atoms with Crippen molar-refractivity contribution in [3.8, 4) is 17.2 Å². The molecule has 1 saturated heterocycles. The Balaban J connectivity index is 1.85. The second kappa shape index (κ2) is 6.37. The van der Waals surface area contributed by atoms with E-state index < -0.39 is 0 Å². The summed E-state index contributed by atoms with van der Waals surface area (Å²) in [6.45, 7) is 7.26. The SMILES string of the molecule is COc1cc(N2CCOCC2)cc2c(C)cc(-c3cc(C)no3)nc12. The first-order chi connectivity index (χ1) is 12.2. The number of rotatable bonds is 3. The van der Waals surface area contributed by atoms with Crippen LogP contribution in [0.15, 0.2) is 28.8 Å². The molecular formula is C19H21N3O3. The Labute approximate surface area is 146 Å². The smallest absolute Gasteiger partial charge is 0.185 e. The summed E-state index contributed by atoms with van der Waals surface area (Å²) in [5.74, 6) is 1.43. The van der Waals surface area contributed by atoms with Gasteiger partial charge in [-0.1, -0.05) is 5.16 Å². The fourth-order valence-corrected chi connectivity index (χ4v) is 3.22. The molecule has 0 saturated carbocycles. The lowest BCUT2D eigenvalue weighted by Gasteiger charge is -2.29. The Morgan fingerprint density at radius 2 is 1.88 bits per heavy atom. The van der Waals surface area contributed by atoms with Gasteiger partial charge in [-0.2, -0.15) is 0 Å². The minimum atomic E-state index is 0.668. The summed E-state index contributed by atoms with van der Waals surface area (Å²) in [5.41, 5.74) is 4.71. The van der Waals surface area contributed by atoms with Crippen LogP contribution in [0, 0.1) is 13.8 Å². The van der Waals surface area contributed by atoms with Gasteiger partial charge in [0.2, 0.25) is 0 Å². The van der Waals surface area contributed by atoms with E-state index in [1.54, 1.807) is 7.11 Å². The van der Waals surface area contributed by atoms with E-state index in [-0.39, 0.29) is 0 Å². The van der Waals surface area contributed by atoms with Crippen molar-refractivity contribution in [1.29, 1.82) is 0 Å². The number of ether oxygens (including phenoxy) is 2. The quantitative estimate of drug-likeness (QED) is 0.729. The topological polar surface area (TPSA) is 60.6 Å². The Bertz CT molecular complexity index is 914. The van der Waals surface area contributed by atoms with Crippen LogP contribution in [0.3, 0.4) is 0 Å². The van der Waals surface area contributed by atoms with Crippen molar-refractivity contribution >= 4 is 16.6 Å². The van der Waals surface area contributed by atoms with Crippen LogP contribution >= 0.6 is 0 Å². The molecule has 2 aromatic heterocycles. The molecular weight excluding hydrogens is 318 g/mol. The number of benzene rings is 1. The molecule has 3 aromatic rings. The molecule has 3 heterocycles. The number of methoxy groups -OCH3 is 1. The molecule has 1 fully saturated rings. The number of hydrogen-bond acceptors (Lipinski definition) is 6. The van der Waals surface area contributed by atoms with Gasteiger partial charge in [-0.15, -0.1) is 0 Å². The molecule has 1 aromatic carbocycles. The van der Waals surface area contributed by atoms with Crippen molar-refractivity contribution in [1.82, 2.24) is 10.1 Å². The molecule has 1 aliphatic rings. The Morgan fingerprint density at radius 1 is 1.08 bits per heavy atom. The zero-order valence-corrected chi connectivity index (χ0v) is 14.7. The predicted octanol–water partition coefficient (Wildman–Crippen LogP) is 3.35. The first kappa shape index (κ1) is 15.9. The van der Waals surface area contributed by atoms with Crippen molar-refractivity contribution in [2.45, 2.75) is 13.8 Å². The number of morpholine rings is 1. The highest BCUT2D eigenvalue weighted by Crippen LogP contribution is 2.34. The summed E-state index contributed by atoms with van der Waals surface area (Å²) in [7, 11) is 1.68. The van der Waals surface area contributed by atoms with Crippen LogP contribution in [0.25, 0.3) is 22.4 Å². The third-order valence-electron chi connectivity index (χ3n) is 4.55. The van der Waals surface area contributed by atoms with E-state index in [4.69, 9.17) is 19.0 Å². The third kappa shape index (κ3) is 2.93. The highest BCUT2D eigenvalue weighted by atomic mass is 16.5. The van der Waals surface area contributed by atoms with Crippen LogP contribution in [-0.4, -0.2) is 43.6 Å². The number of pyridine rings is 1. The minimum Gasteiger partial charge on any atom is -0.494 e. The Kier molecular flexibility index (Phi) is 4.05. The number of anilines is 1. The van der Waals surface area contributed by atoms with E-state index in [1.165, 1.54) is 0 Å². The van der Waals surface area contributed by atoms with Gasteiger partial charge in [-0.25, -0.2) is 4.98 Å². The largest absolute Gasteiger partial charge is 0.494 e. The van der Waals surface area contributed by atoms with E-state index in [1.807, 2.05) is 19.1 Å². The zero-order valence-electron chi connectivity index (χ0n) is 14.7. The summed E-state index contributed by atoms with van der Waals surface area (Å²) in [6, 6.07) is 8.16. The van der Waals surface area contributed by atoms with Crippen LogP contribution in [0.5, 0.6) is 5.75 Å². The standard InChI is InChI=1S/C19H21N3O3/c1-12-8-16(17-9-13(2)21-25-17)20-19-15(12)10-14(11-18(19)23-3)22-4-6-24-7-5-22/h8-11H,4-7H2,1-3H3. The Hall–Kier alpha value is -2.60. The number of aryl methyl sites for hydroxylation is 2. The summed E-state index contributed by atoms with van der Waals surface area (Å²) in [4.78, 5) is 7.09. The molecule has 6 heteroatoms. The molecule has 25 heavy (non-hydrogen) atoms. The second-order valence-electron chi connectivity index (χ2n) is 6.30. The zero-order chi connectivity index (χ0) is 17.4. The third-order valence-corrected chi connectivity index (χ3v) is 4.55. The fraction of sp³-hybridized carbons (Fsp3) is 0.368. The lowest BCUT2D eigenvalue weighted by atomic mass is 10.1. The molecule has 0 aliphatic carbocycles. The molecule has 0 amide bonds. The first-order valence-corrected chi connectivity index (χ1v) is 8.41. The van der Waals surface area contributed by atoms with E-state index in [0.717, 1.165) is 65.6 Å². The van der Waals surface area contributed by atoms with Crippen molar-refractivity contribution in [2.75, 3.05) is 38.3 Å². The van der Waals surface area contributed by atoms with Crippen LogP contribution in [0.1, 0.15) is 11.3 Å². The molecule has 0 N–H and O–H groups in total. The number of fused-ring (bicyclic) bond motifs is 1. The summed E-state index contributed by atoms with van der Waals surface area (Å²) < 4.78 is 16.5. The van der Waals surface area contributed by atoms with Crippen LogP contribution < -0.4 is 9.64 Å². The molecule has 1 aliphatic heterocycles. The predicted molar refractivity (Wildman–Crippen MR) is 96.3 cm³/mol. The van der Waals surface area contributed by atoms with Gasteiger partial charge >= 0.3 is 0 Å². The number of nitrogens with zero attached hydrogens (tertiary/aromatic N) is 3. The molecule has 0 unspecified atom stereocenters. The minimum absolute atomic E-state index is 0.668. The van der Waals surface area contributed by atoms with E-state index in [0.29, 0.717) is 5.76 Å². The second-order valence-corrected chi connectivity index (χ2v) is 6.30.